The van der Waals surface area contributed by atoms with E-state index in [1.807, 2.05) is 0 Å². The van der Waals surface area contributed by atoms with Crippen LogP contribution >= 0.6 is 0 Å². The van der Waals surface area contributed by atoms with E-state index < -0.39 is 0 Å². The van der Waals surface area contributed by atoms with Crippen LogP contribution in [0.5, 0.6) is 0 Å². The van der Waals surface area contributed by atoms with Gasteiger partial charge in [-0.25, -0.2) is 0 Å². The zero-order chi connectivity index (χ0) is 11.4. The molecule has 0 atom stereocenters. The van der Waals surface area contributed by atoms with Crippen molar-refractivity contribution in [1.82, 2.24) is 5.32 Å². The number of rotatable bonds is 5. The maximum Gasteiger partial charge on any atom is 0.000527 e. The molecule has 2 saturated carbocycles. The van der Waals surface area contributed by atoms with E-state index in [-0.39, 0.29) is 0 Å². The second-order valence-electron chi connectivity index (χ2n) is 6.42. The van der Waals surface area contributed by atoms with Gasteiger partial charge in [0.25, 0.3) is 0 Å². The van der Waals surface area contributed by atoms with E-state index in [4.69, 9.17) is 5.73 Å². The zero-order valence-electron chi connectivity index (χ0n) is 10.8. The highest BCUT2D eigenvalue weighted by molar-refractivity contribution is 4.85. The lowest BCUT2D eigenvalue weighted by Crippen LogP contribution is -2.39. The number of hydrogen-bond donors (Lipinski definition) is 2. The molecule has 3 N–H and O–H groups in total. The standard InChI is InChI=1S/C14H28N2/c1-14(7-2-8-14)11-16-10-13-5-3-12(9-15)4-6-13/h12-13,16H,2-11,15H2,1H3. The summed E-state index contributed by atoms with van der Waals surface area (Å²) in [4.78, 5) is 0. The molecule has 0 unspecified atom stereocenters. The molecule has 2 heteroatoms. The third kappa shape index (κ3) is 3.21. The first kappa shape index (κ1) is 12.4. The first-order valence-electron chi connectivity index (χ1n) is 7.13. The molecule has 0 saturated heterocycles. The minimum atomic E-state index is 0.633. The molecule has 2 rings (SSSR count). The Labute approximate surface area is 100 Å². The van der Waals surface area contributed by atoms with Crippen molar-refractivity contribution in [2.24, 2.45) is 23.0 Å². The summed E-state index contributed by atoms with van der Waals surface area (Å²) in [6.45, 7) is 5.81. The SMILES string of the molecule is CC1(CNCC2CCC(CN)CC2)CCC1. The zero-order valence-corrected chi connectivity index (χ0v) is 10.8. The van der Waals surface area contributed by atoms with Crippen LogP contribution in [0.4, 0.5) is 0 Å². The van der Waals surface area contributed by atoms with Gasteiger partial charge in [-0.2, -0.15) is 0 Å². The lowest BCUT2D eigenvalue weighted by Gasteiger charge is -2.39. The molecule has 2 aliphatic carbocycles. The summed E-state index contributed by atoms with van der Waals surface area (Å²) in [5, 5.41) is 3.70. The Kier molecular flexibility index (Phi) is 4.26. The van der Waals surface area contributed by atoms with E-state index in [2.05, 4.69) is 12.2 Å². The molecule has 16 heavy (non-hydrogen) atoms. The quantitative estimate of drug-likeness (QED) is 0.753. The van der Waals surface area contributed by atoms with Crippen LogP contribution in [0.3, 0.4) is 0 Å². The summed E-state index contributed by atoms with van der Waals surface area (Å²) in [6, 6.07) is 0. The van der Waals surface area contributed by atoms with Crippen LogP contribution in [0.15, 0.2) is 0 Å². The van der Waals surface area contributed by atoms with Gasteiger partial charge >= 0.3 is 0 Å². The van der Waals surface area contributed by atoms with Gasteiger partial charge in [-0.3, -0.25) is 0 Å². The van der Waals surface area contributed by atoms with Crippen LogP contribution in [-0.4, -0.2) is 19.6 Å². The highest BCUT2D eigenvalue weighted by atomic mass is 14.9. The minimum Gasteiger partial charge on any atom is -0.330 e. The maximum absolute atomic E-state index is 5.72. The van der Waals surface area contributed by atoms with Gasteiger partial charge in [0.05, 0.1) is 0 Å². The van der Waals surface area contributed by atoms with Crippen LogP contribution < -0.4 is 11.1 Å². The molecule has 0 aromatic rings. The molecule has 94 valence electrons. The second kappa shape index (κ2) is 5.50. The predicted octanol–water partition coefficient (Wildman–Crippen LogP) is 2.53. The Bertz CT molecular complexity index is 203. The molecule has 0 bridgehead atoms. The van der Waals surface area contributed by atoms with Gasteiger partial charge in [0.1, 0.15) is 0 Å². The van der Waals surface area contributed by atoms with Gasteiger partial charge in [0.15, 0.2) is 0 Å². The Morgan fingerprint density at radius 3 is 2.25 bits per heavy atom. The molecule has 2 fully saturated rings. The molecule has 0 amide bonds. The molecule has 2 aliphatic rings. The van der Waals surface area contributed by atoms with Gasteiger partial charge in [-0.1, -0.05) is 13.3 Å². The van der Waals surface area contributed by atoms with E-state index in [9.17, 15) is 0 Å². The average Bonchev–Trinajstić information content (AvgIpc) is 2.28. The third-order valence-corrected chi connectivity index (χ3v) is 4.85. The van der Waals surface area contributed by atoms with Crippen LogP contribution in [0, 0.1) is 17.3 Å². The van der Waals surface area contributed by atoms with Gasteiger partial charge in [0.2, 0.25) is 0 Å². The highest BCUT2D eigenvalue weighted by Crippen LogP contribution is 2.39. The Morgan fingerprint density at radius 1 is 1.12 bits per heavy atom. The summed E-state index contributed by atoms with van der Waals surface area (Å²) in [6.07, 6.45) is 9.82. The first-order valence-corrected chi connectivity index (χ1v) is 7.13. The third-order valence-electron chi connectivity index (χ3n) is 4.85. The summed E-state index contributed by atoms with van der Waals surface area (Å²) in [5.41, 5.74) is 6.35. The highest BCUT2D eigenvalue weighted by Gasteiger charge is 2.31. The summed E-state index contributed by atoms with van der Waals surface area (Å²) in [5.74, 6) is 1.74. The average molecular weight is 224 g/mol. The van der Waals surface area contributed by atoms with Gasteiger partial charge in [-0.05, 0) is 68.9 Å². The number of nitrogens with two attached hydrogens (primary N) is 1. The van der Waals surface area contributed by atoms with Crippen molar-refractivity contribution in [1.29, 1.82) is 0 Å². The molecule has 0 heterocycles. The summed E-state index contributed by atoms with van der Waals surface area (Å²) in [7, 11) is 0. The topological polar surface area (TPSA) is 38.0 Å². The fourth-order valence-electron chi connectivity index (χ4n) is 3.21. The molecule has 0 spiro atoms. The molecule has 0 aromatic carbocycles. The Morgan fingerprint density at radius 2 is 1.75 bits per heavy atom. The fourth-order valence-corrected chi connectivity index (χ4v) is 3.21. The first-order chi connectivity index (χ1) is 7.72. The van der Waals surface area contributed by atoms with E-state index in [1.165, 1.54) is 58.0 Å². The molecule has 2 nitrogen and oxygen atoms in total. The summed E-state index contributed by atoms with van der Waals surface area (Å²) >= 11 is 0. The number of nitrogens with one attached hydrogen (secondary N) is 1. The lowest BCUT2D eigenvalue weighted by atomic mass is 9.70. The molecular formula is C14H28N2. The predicted molar refractivity (Wildman–Crippen MR) is 69.3 cm³/mol. The van der Waals surface area contributed by atoms with Crippen LogP contribution in [-0.2, 0) is 0 Å². The Balaban J connectivity index is 1.57. The fraction of sp³-hybridized carbons (Fsp3) is 1.00. The minimum absolute atomic E-state index is 0.633. The smallest absolute Gasteiger partial charge is 0.000527 e. The van der Waals surface area contributed by atoms with Crippen molar-refractivity contribution < 1.29 is 0 Å². The van der Waals surface area contributed by atoms with Crippen molar-refractivity contribution in [3.8, 4) is 0 Å². The molecule has 0 radical (unpaired) electrons. The van der Waals surface area contributed by atoms with Crippen molar-refractivity contribution in [2.75, 3.05) is 19.6 Å². The van der Waals surface area contributed by atoms with Crippen molar-refractivity contribution >= 4 is 0 Å². The molecular weight excluding hydrogens is 196 g/mol. The van der Waals surface area contributed by atoms with Crippen LogP contribution in [0.1, 0.15) is 51.9 Å². The van der Waals surface area contributed by atoms with Crippen molar-refractivity contribution in [2.45, 2.75) is 51.9 Å². The van der Waals surface area contributed by atoms with Crippen LogP contribution in [0.2, 0.25) is 0 Å². The van der Waals surface area contributed by atoms with Gasteiger partial charge in [0, 0.05) is 6.54 Å². The van der Waals surface area contributed by atoms with Crippen LogP contribution in [0.25, 0.3) is 0 Å². The van der Waals surface area contributed by atoms with Crippen molar-refractivity contribution in [3.05, 3.63) is 0 Å². The van der Waals surface area contributed by atoms with Crippen molar-refractivity contribution in [3.63, 3.8) is 0 Å². The van der Waals surface area contributed by atoms with E-state index >= 15 is 0 Å². The van der Waals surface area contributed by atoms with Gasteiger partial charge < -0.3 is 11.1 Å². The molecule has 0 aliphatic heterocycles. The monoisotopic (exact) mass is 224 g/mol. The summed E-state index contributed by atoms with van der Waals surface area (Å²) < 4.78 is 0. The second-order valence-corrected chi connectivity index (χ2v) is 6.42. The maximum atomic E-state index is 5.72. The molecule has 0 aromatic heterocycles. The largest absolute Gasteiger partial charge is 0.330 e. The van der Waals surface area contributed by atoms with Gasteiger partial charge in [-0.15, -0.1) is 0 Å². The lowest BCUT2D eigenvalue weighted by molar-refractivity contribution is 0.151. The van der Waals surface area contributed by atoms with E-state index in [0.717, 1.165) is 18.4 Å². The van der Waals surface area contributed by atoms with E-state index in [0.29, 0.717) is 5.41 Å². The Hall–Kier alpha value is -0.0800. The normalized spacial score (nSPS) is 33.4. The number of hydrogen-bond acceptors (Lipinski definition) is 2. The van der Waals surface area contributed by atoms with E-state index in [1.54, 1.807) is 0 Å².